The summed E-state index contributed by atoms with van der Waals surface area (Å²) in [4.78, 5) is 11.0. The lowest BCUT2D eigenvalue weighted by atomic mass is 9.87. The van der Waals surface area contributed by atoms with Crippen LogP contribution in [0.25, 0.3) is 0 Å². The number of hydrogen-bond acceptors (Lipinski definition) is 2. The summed E-state index contributed by atoms with van der Waals surface area (Å²) in [5.74, 6) is 0.768. The molecule has 1 rings (SSSR count). The van der Waals surface area contributed by atoms with Crippen LogP contribution in [0.1, 0.15) is 26.2 Å². The fourth-order valence-corrected chi connectivity index (χ4v) is 2.34. The van der Waals surface area contributed by atoms with Crippen LogP contribution in [0, 0.1) is 5.92 Å². The summed E-state index contributed by atoms with van der Waals surface area (Å²) in [6.07, 6.45) is 6.39. The molecule has 0 aromatic carbocycles. The lowest BCUT2D eigenvalue weighted by molar-refractivity contribution is -0.123. The third kappa shape index (κ3) is 2.69. The van der Waals surface area contributed by atoms with Gasteiger partial charge >= 0.3 is 0 Å². The number of hydrogen-bond donors (Lipinski definition) is 0. The smallest absolute Gasteiger partial charge is 0.243 e. The Balaban J connectivity index is 2.45. The van der Waals surface area contributed by atoms with Gasteiger partial charge in [0.2, 0.25) is 7.77 Å². The molecule has 0 aliphatic heterocycles. The Morgan fingerprint density at radius 2 is 2.33 bits per heavy atom. The quantitative estimate of drug-likeness (QED) is 0.619. The van der Waals surface area contributed by atoms with Gasteiger partial charge < -0.3 is 0 Å². The molecule has 0 bridgehead atoms. The van der Waals surface area contributed by atoms with E-state index in [1.54, 1.807) is 0 Å². The van der Waals surface area contributed by atoms with Crippen molar-refractivity contribution in [3.8, 4) is 0 Å². The van der Waals surface area contributed by atoms with E-state index in [0.717, 1.165) is 6.42 Å². The molecule has 0 spiro atoms. The Hall–Kier alpha value is -0.200. The summed E-state index contributed by atoms with van der Waals surface area (Å²) >= 11 is 0. The Bertz CT molecular complexity index is 201. The molecule has 3 unspecified atom stereocenters. The Morgan fingerprint density at radius 1 is 1.67 bits per heavy atom. The van der Waals surface area contributed by atoms with Crippen molar-refractivity contribution in [1.82, 2.24) is 0 Å². The Morgan fingerprint density at radius 3 is 2.83 bits per heavy atom. The average Bonchev–Trinajstić information content (AvgIpc) is 1.94. The van der Waals surface area contributed by atoms with Crippen molar-refractivity contribution in [2.24, 2.45) is 5.92 Å². The monoisotopic (exact) mass is 187 g/mol. The second-order valence-corrected chi connectivity index (χ2v) is 5.00. The summed E-state index contributed by atoms with van der Waals surface area (Å²) < 4.78 is 5.65. The topological polar surface area (TPSA) is 26.3 Å². The van der Waals surface area contributed by atoms with Gasteiger partial charge in [0.1, 0.15) is 24.9 Å². The molecule has 1 saturated carbocycles. The maximum Gasteiger partial charge on any atom is 0.243 e. The van der Waals surface area contributed by atoms with Crippen LogP contribution in [-0.2, 0) is 9.32 Å². The molecule has 12 heavy (non-hydrogen) atoms. The minimum atomic E-state index is -0.526. The number of Topliss-reactive ketones (excluding diaryl/α,β-unsaturated/α-hetero) is 1. The van der Waals surface area contributed by atoms with Gasteiger partial charge in [-0.1, -0.05) is 6.92 Å². The molecule has 3 heteroatoms. The maximum atomic E-state index is 11.0. The fraction of sp³-hybridized carbons (Fsp3) is 0.778. The summed E-state index contributed by atoms with van der Waals surface area (Å²) in [5.41, 5.74) is 0. The second kappa shape index (κ2) is 4.15. The third-order valence-corrected chi connectivity index (χ3v) is 2.84. The van der Waals surface area contributed by atoms with E-state index in [-0.39, 0.29) is 6.10 Å². The molecule has 0 heterocycles. The van der Waals surface area contributed by atoms with Crippen LogP contribution in [-0.4, -0.2) is 24.9 Å². The van der Waals surface area contributed by atoms with E-state index in [9.17, 15) is 4.79 Å². The van der Waals surface area contributed by atoms with Crippen molar-refractivity contribution >= 4 is 19.9 Å². The van der Waals surface area contributed by atoms with Gasteiger partial charge in [-0.25, -0.2) is 0 Å². The predicted octanol–water partition coefficient (Wildman–Crippen LogP) is 2.22. The summed E-state index contributed by atoms with van der Waals surface area (Å²) in [6.45, 7) is 4.08. The largest absolute Gasteiger partial charge is 0.300 e. The predicted molar refractivity (Wildman–Crippen MR) is 52.9 cm³/mol. The molecule has 1 aliphatic rings. The molecular weight excluding hydrogens is 171 g/mol. The van der Waals surface area contributed by atoms with Gasteiger partial charge in [-0.3, -0.25) is 4.79 Å². The fourth-order valence-electron chi connectivity index (χ4n) is 1.57. The zero-order chi connectivity index (χ0) is 9.14. The van der Waals surface area contributed by atoms with Crippen molar-refractivity contribution in [2.75, 3.05) is 6.66 Å². The molecule has 0 N–H and O–H groups in total. The third-order valence-electron chi connectivity index (χ3n) is 2.21. The number of rotatable bonds is 2. The zero-order valence-corrected chi connectivity index (χ0v) is 8.64. The highest BCUT2D eigenvalue weighted by atomic mass is 31.1. The van der Waals surface area contributed by atoms with Crippen molar-refractivity contribution in [2.45, 2.75) is 32.3 Å². The first-order valence-corrected chi connectivity index (χ1v) is 6.21. The second-order valence-electron chi connectivity index (χ2n) is 3.53. The normalized spacial score (nSPS) is 31.8. The van der Waals surface area contributed by atoms with Crippen LogP contribution in [0.5, 0.6) is 0 Å². The van der Waals surface area contributed by atoms with Crippen LogP contribution in [0.3, 0.4) is 0 Å². The molecule has 1 fully saturated rings. The number of carbonyl (C=O) groups excluding carboxylic acids is 1. The Labute approximate surface area is 74.8 Å². The van der Waals surface area contributed by atoms with Crippen molar-refractivity contribution in [3.63, 3.8) is 0 Å². The number of ketones is 1. The number of carbonyl (C=O) groups is 1. The van der Waals surface area contributed by atoms with E-state index in [0.29, 0.717) is 24.5 Å². The van der Waals surface area contributed by atoms with Crippen molar-refractivity contribution in [3.05, 3.63) is 0 Å². The molecule has 0 amide bonds. The maximum absolute atomic E-state index is 11.0. The van der Waals surface area contributed by atoms with E-state index in [1.807, 2.05) is 6.66 Å². The zero-order valence-electron chi connectivity index (χ0n) is 7.75. The van der Waals surface area contributed by atoms with Gasteiger partial charge in [0.05, 0.1) is 0 Å². The molecule has 2 nitrogen and oxygen atoms in total. The van der Waals surface area contributed by atoms with Crippen LogP contribution >= 0.6 is 7.77 Å². The van der Waals surface area contributed by atoms with Gasteiger partial charge in [0, 0.05) is 12.8 Å². The van der Waals surface area contributed by atoms with Crippen LogP contribution in [0.15, 0.2) is 0 Å². The van der Waals surface area contributed by atoms with E-state index >= 15 is 0 Å². The highest BCUT2D eigenvalue weighted by Crippen LogP contribution is 2.30. The van der Waals surface area contributed by atoms with E-state index in [2.05, 4.69) is 13.2 Å². The first kappa shape index (κ1) is 9.88. The van der Waals surface area contributed by atoms with Gasteiger partial charge in [0.25, 0.3) is 0 Å². The summed E-state index contributed by atoms with van der Waals surface area (Å²) in [7, 11) is -0.526. The summed E-state index contributed by atoms with van der Waals surface area (Å²) in [6, 6.07) is 0. The van der Waals surface area contributed by atoms with Crippen LogP contribution in [0.2, 0.25) is 0 Å². The van der Waals surface area contributed by atoms with E-state index in [1.165, 1.54) is 0 Å². The van der Waals surface area contributed by atoms with Crippen LogP contribution < -0.4 is 0 Å². The van der Waals surface area contributed by atoms with Gasteiger partial charge in [-0.05, 0) is 12.3 Å². The van der Waals surface area contributed by atoms with Crippen LogP contribution in [0.4, 0.5) is 0 Å². The van der Waals surface area contributed by atoms with Crippen molar-refractivity contribution in [1.29, 1.82) is 0 Å². The lowest BCUT2D eigenvalue weighted by Gasteiger charge is -2.23. The molecule has 0 saturated heterocycles. The highest BCUT2D eigenvalue weighted by Gasteiger charge is 2.29. The first-order chi connectivity index (χ1) is 5.59. The standard InChI is InChI=1S/C9H16O2P/c1-7-6-8(10)4-5-9(7)11-12(2)3/h7,9H,2,4-6H2,1,3H3/q+1. The lowest BCUT2D eigenvalue weighted by Crippen LogP contribution is -2.28. The molecule has 0 aromatic rings. The molecule has 1 aliphatic carbocycles. The van der Waals surface area contributed by atoms with E-state index in [4.69, 9.17) is 4.52 Å². The SMILES string of the molecule is C=[P+](C)OC1CCC(=O)CC1C. The molecule has 68 valence electrons. The van der Waals surface area contributed by atoms with Gasteiger partial charge in [-0.15, -0.1) is 0 Å². The molecule has 3 atom stereocenters. The first-order valence-electron chi connectivity index (χ1n) is 4.32. The van der Waals surface area contributed by atoms with Gasteiger partial charge in [-0.2, -0.15) is 4.52 Å². The molecular formula is C9H16O2P+. The molecule has 0 aromatic heterocycles. The van der Waals surface area contributed by atoms with Gasteiger partial charge in [0.15, 0.2) is 0 Å². The minimum Gasteiger partial charge on any atom is -0.300 e. The highest BCUT2D eigenvalue weighted by molar-refractivity contribution is 7.49. The summed E-state index contributed by atoms with van der Waals surface area (Å²) in [5, 5.41) is 0. The minimum absolute atomic E-state index is 0.274. The average molecular weight is 187 g/mol. The molecule has 0 radical (unpaired) electrons. The van der Waals surface area contributed by atoms with Crippen molar-refractivity contribution < 1.29 is 9.32 Å². The Kier molecular flexibility index (Phi) is 3.42. The van der Waals surface area contributed by atoms with E-state index < -0.39 is 7.77 Å².